The molecule has 0 atom stereocenters. The first kappa shape index (κ1) is 15.9. The molecule has 1 aromatic heterocycles. The summed E-state index contributed by atoms with van der Waals surface area (Å²) in [5, 5.41) is 7.01. The Balaban J connectivity index is 2.03. The molecule has 1 heterocycles. The maximum atomic E-state index is 13.0. The van der Waals surface area contributed by atoms with Gasteiger partial charge in [-0.15, -0.1) is 0 Å². The highest BCUT2D eigenvalue weighted by Crippen LogP contribution is 2.28. The minimum Gasteiger partial charge on any atom is -0.372 e. The molecule has 112 valence electrons. The predicted molar refractivity (Wildman–Crippen MR) is 87.1 cm³/mol. The van der Waals surface area contributed by atoms with E-state index >= 15 is 0 Å². The summed E-state index contributed by atoms with van der Waals surface area (Å²) in [7, 11) is 1.74. The zero-order valence-corrected chi connectivity index (χ0v) is 13.3. The Morgan fingerprint density at radius 1 is 1.14 bits per heavy atom. The first-order chi connectivity index (χ1) is 10.0. The lowest BCUT2D eigenvalue weighted by molar-refractivity contribution is 0.625. The molecule has 0 spiro atoms. The van der Waals surface area contributed by atoms with Gasteiger partial charge in [-0.1, -0.05) is 29.3 Å². The molecule has 0 aliphatic rings. The number of rotatable bonds is 5. The van der Waals surface area contributed by atoms with Crippen LogP contribution in [0, 0.1) is 12.7 Å². The lowest BCUT2D eigenvalue weighted by Crippen LogP contribution is -2.09. The number of aryl methyl sites for hydroxylation is 1. The average molecular weight is 328 g/mol. The van der Waals surface area contributed by atoms with Crippen molar-refractivity contribution in [2.24, 2.45) is 0 Å². The summed E-state index contributed by atoms with van der Waals surface area (Å²) in [5.74, 6) is 0.928. The first-order valence-electron chi connectivity index (χ1n) is 6.54. The van der Waals surface area contributed by atoms with Crippen molar-refractivity contribution >= 4 is 34.8 Å². The second-order valence-corrected chi connectivity index (χ2v) is 5.46. The highest BCUT2D eigenvalue weighted by atomic mass is 35.5. The van der Waals surface area contributed by atoms with Crippen LogP contribution >= 0.6 is 23.2 Å². The summed E-state index contributed by atoms with van der Waals surface area (Å²) >= 11 is 12.1. The van der Waals surface area contributed by atoms with E-state index in [2.05, 4.69) is 15.6 Å². The standard InChI is InChI=1S/C15H16Cl2FN3/c1-9-7-11(18)4-3-10(9)5-6-20-15-13(17)8-12(16)14(19-2)21-15/h3-4,7-8H,5-6H2,1-2H3,(H2,19,20,21). The van der Waals surface area contributed by atoms with Crippen LogP contribution in [-0.2, 0) is 6.42 Å². The second-order valence-electron chi connectivity index (χ2n) is 4.65. The van der Waals surface area contributed by atoms with E-state index in [-0.39, 0.29) is 5.82 Å². The summed E-state index contributed by atoms with van der Waals surface area (Å²) in [6, 6.07) is 6.44. The number of nitrogens with one attached hydrogen (secondary N) is 2. The third-order valence-electron chi connectivity index (χ3n) is 3.16. The van der Waals surface area contributed by atoms with Crippen LogP contribution in [0.1, 0.15) is 11.1 Å². The molecule has 0 saturated carbocycles. The Labute approximate surface area is 133 Å². The van der Waals surface area contributed by atoms with Crippen molar-refractivity contribution in [1.29, 1.82) is 0 Å². The largest absolute Gasteiger partial charge is 0.372 e. The van der Waals surface area contributed by atoms with Gasteiger partial charge in [0.1, 0.15) is 17.5 Å². The van der Waals surface area contributed by atoms with Crippen LogP contribution in [0.15, 0.2) is 24.3 Å². The van der Waals surface area contributed by atoms with Gasteiger partial charge in [-0.3, -0.25) is 0 Å². The fourth-order valence-corrected chi connectivity index (χ4v) is 2.54. The Hall–Kier alpha value is -1.52. The molecule has 0 saturated heterocycles. The summed E-state index contributed by atoms with van der Waals surface area (Å²) < 4.78 is 13.0. The van der Waals surface area contributed by atoms with Crippen molar-refractivity contribution in [2.45, 2.75) is 13.3 Å². The van der Waals surface area contributed by atoms with Crippen LogP contribution in [0.5, 0.6) is 0 Å². The van der Waals surface area contributed by atoms with Gasteiger partial charge in [0.25, 0.3) is 0 Å². The number of anilines is 2. The van der Waals surface area contributed by atoms with E-state index in [9.17, 15) is 4.39 Å². The van der Waals surface area contributed by atoms with Gasteiger partial charge in [-0.05, 0) is 42.7 Å². The van der Waals surface area contributed by atoms with E-state index in [1.807, 2.05) is 6.92 Å². The molecule has 0 aliphatic carbocycles. The number of pyridine rings is 1. The lowest BCUT2D eigenvalue weighted by Gasteiger charge is -2.11. The van der Waals surface area contributed by atoms with E-state index in [0.29, 0.717) is 28.2 Å². The number of nitrogens with zero attached hydrogens (tertiary/aromatic N) is 1. The van der Waals surface area contributed by atoms with Crippen LogP contribution in [0.25, 0.3) is 0 Å². The molecule has 2 rings (SSSR count). The summed E-state index contributed by atoms with van der Waals surface area (Å²) in [4.78, 5) is 4.31. The van der Waals surface area contributed by atoms with Crippen LogP contribution in [0.3, 0.4) is 0 Å². The molecule has 0 amide bonds. The Morgan fingerprint density at radius 2 is 1.86 bits per heavy atom. The molecule has 2 N–H and O–H groups in total. The van der Waals surface area contributed by atoms with Gasteiger partial charge in [-0.25, -0.2) is 9.37 Å². The summed E-state index contributed by atoms with van der Waals surface area (Å²) in [5.41, 5.74) is 2.02. The van der Waals surface area contributed by atoms with Gasteiger partial charge in [0.15, 0.2) is 0 Å². The van der Waals surface area contributed by atoms with Crippen molar-refractivity contribution < 1.29 is 4.39 Å². The Kier molecular flexibility index (Phi) is 5.26. The van der Waals surface area contributed by atoms with E-state index < -0.39 is 0 Å². The Bertz CT molecular complexity index is 647. The van der Waals surface area contributed by atoms with Gasteiger partial charge in [0.2, 0.25) is 0 Å². The zero-order chi connectivity index (χ0) is 15.4. The topological polar surface area (TPSA) is 37.0 Å². The number of aromatic nitrogens is 1. The number of hydrogen-bond acceptors (Lipinski definition) is 3. The maximum absolute atomic E-state index is 13.0. The lowest BCUT2D eigenvalue weighted by atomic mass is 10.1. The van der Waals surface area contributed by atoms with Crippen molar-refractivity contribution in [3.63, 3.8) is 0 Å². The molecular formula is C15H16Cl2FN3. The molecular weight excluding hydrogens is 312 g/mol. The molecule has 0 radical (unpaired) electrons. The fraction of sp³-hybridized carbons (Fsp3) is 0.267. The highest BCUT2D eigenvalue weighted by molar-refractivity contribution is 6.37. The molecule has 1 aromatic carbocycles. The van der Waals surface area contributed by atoms with E-state index in [1.54, 1.807) is 19.2 Å². The maximum Gasteiger partial charge on any atom is 0.147 e. The molecule has 0 bridgehead atoms. The van der Waals surface area contributed by atoms with Crippen LogP contribution in [-0.4, -0.2) is 18.6 Å². The fourth-order valence-electron chi connectivity index (χ4n) is 2.02. The number of hydrogen-bond donors (Lipinski definition) is 2. The molecule has 0 aliphatic heterocycles. The number of benzene rings is 1. The zero-order valence-electron chi connectivity index (χ0n) is 11.8. The van der Waals surface area contributed by atoms with Crippen molar-refractivity contribution in [3.8, 4) is 0 Å². The van der Waals surface area contributed by atoms with Crippen LogP contribution in [0.2, 0.25) is 10.0 Å². The minimum absolute atomic E-state index is 0.217. The van der Waals surface area contributed by atoms with Gasteiger partial charge >= 0.3 is 0 Å². The van der Waals surface area contributed by atoms with Gasteiger partial charge in [0, 0.05) is 13.6 Å². The van der Waals surface area contributed by atoms with Gasteiger partial charge < -0.3 is 10.6 Å². The summed E-state index contributed by atoms with van der Waals surface area (Å²) in [6.07, 6.45) is 0.752. The van der Waals surface area contributed by atoms with Crippen molar-refractivity contribution in [3.05, 3.63) is 51.3 Å². The van der Waals surface area contributed by atoms with Crippen molar-refractivity contribution in [2.75, 3.05) is 24.2 Å². The molecule has 0 fully saturated rings. The first-order valence-corrected chi connectivity index (χ1v) is 7.29. The van der Waals surface area contributed by atoms with Gasteiger partial charge in [0.05, 0.1) is 10.0 Å². The van der Waals surface area contributed by atoms with E-state index in [4.69, 9.17) is 23.2 Å². The molecule has 3 nitrogen and oxygen atoms in total. The molecule has 2 aromatic rings. The smallest absolute Gasteiger partial charge is 0.147 e. The van der Waals surface area contributed by atoms with Crippen LogP contribution in [0.4, 0.5) is 16.0 Å². The SMILES string of the molecule is CNc1nc(NCCc2ccc(F)cc2C)c(Cl)cc1Cl. The van der Waals surface area contributed by atoms with Crippen molar-refractivity contribution in [1.82, 2.24) is 4.98 Å². The normalized spacial score (nSPS) is 10.5. The average Bonchev–Trinajstić information content (AvgIpc) is 2.43. The molecule has 6 heteroatoms. The highest BCUT2D eigenvalue weighted by Gasteiger charge is 2.08. The molecule has 21 heavy (non-hydrogen) atoms. The third-order valence-corrected chi connectivity index (χ3v) is 3.73. The Morgan fingerprint density at radius 3 is 2.52 bits per heavy atom. The minimum atomic E-state index is -0.217. The second kappa shape index (κ2) is 6.96. The van der Waals surface area contributed by atoms with Crippen LogP contribution < -0.4 is 10.6 Å². The monoisotopic (exact) mass is 327 g/mol. The predicted octanol–water partition coefficient (Wildman–Crippen LogP) is 4.53. The molecule has 0 unspecified atom stereocenters. The number of halogens is 3. The van der Waals surface area contributed by atoms with E-state index in [1.165, 1.54) is 12.1 Å². The third kappa shape index (κ3) is 3.99. The quantitative estimate of drug-likeness (QED) is 0.846. The van der Waals surface area contributed by atoms with Gasteiger partial charge in [-0.2, -0.15) is 0 Å². The van der Waals surface area contributed by atoms with E-state index in [0.717, 1.165) is 17.5 Å². The summed E-state index contributed by atoms with van der Waals surface area (Å²) in [6.45, 7) is 2.54.